The van der Waals surface area contributed by atoms with Gasteiger partial charge in [0.25, 0.3) is 0 Å². The van der Waals surface area contributed by atoms with Crippen LogP contribution in [0.5, 0.6) is 0 Å². The lowest BCUT2D eigenvalue weighted by Crippen LogP contribution is -2.05. The van der Waals surface area contributed by atoms with Gasteiger partial charge in [0, 0.05) is 12.1 Å². The van der Waals surface area contributed by atoms with E-state index >= 15 is 0 Å². The van der Waals surface area contributed by atoms with Gasteiger partial charge >= 0.3 is 0 Å². The monoisotopic (exact) mass is 269 g/mol. The first-order valence-electron chi connectivity index (χ1n) is 5.66. The molecule has 2 aromatic rings. The summed E-state index contributed by atoms with van der Waals surface area (Å²) in [6.45, 7) is 2.43. The normalized spacial score (nSPS) is 10.9. The van der Waals surface area contributed by atoms with Crippen LogP contribution < -0.4 is 0 Å². The quantitative estimate of drug-likeness (QED) is 0.928. The fourth-order valence-electron chi connectivity index (χ4n) is 1.79. The van der Waals surface area contributed by atoms with E-state index in [0.29, 0.717) is 23.8 Å². The Bertz CT molecular complexity index is 556. The van der Waals surface area contributed by atoms with Crippen molar-refractivity contribution in [1.82, 2.24) is 14.8 Å². The predicted octanol–water partition coefficient (Wildman–Crippen LogP) is 2.64. The minimum Gasteiger partial charge on any atom is -0.388 e. The Morgan fingerprint density at radius 3 is 2.83 bits per heavy atom. The molecule has 0 spiro atoms. The maximum atomic E-state index is 13.4. The Morgan fingerprint density at radius 1 is 1.39 bits per heavy atom. The van der Waals surface area contributed by atoms with Gasteiger partial charge < -0.3 is 9.67 Å². The largest absolute Gasteiger partial charge is 0.388 e. The molecule has 0 unspecified atom stereocenters. The Morgan fingerprint density at radius 2 is 2.17 bits per heavy atom. The van der Waals surface area contributed by atoms with E-state index in [0.717, 1.165) is 6.42 Å². The third-order valence-electron chi connectivity index (χ3n) is 2.61. The van der Waals surface area contributed by atoms with Crippen molar-refractivity contribution in [2.75, 3.05) is 0 Å². The summed E-state index contributed by atoms with van der Waals surface area (Å²) in [7, 11) is 0. The molecule has 96 valence electrons. The zero-order chi connectivity index (χ0) is 13.1. The van der Waals surface area contributed by atoms with E-state index in [-0.39, 0.29) is 11.6 Å². The third-order valence-corrected chi connectivity index (χ3v) is 2.99. The summed E-state index contributed by atoms with van der Waals surface area (Å²) in [6.07, 6.45) is 0.852. The fourth-order valence-corrected chi connectivity index (χ4v) is 2.00. The van der Waals surface area contributed by atoms with Crippen LogP contribution in [0.4, 0.5) is 4.39 Å². The van der Waals surface area contributed by atoms with Crippen molar-refractivity contribution in [3.63, 3.8) is 0 Å². The van der Waals surface area contributed by atoms with Gasteiger partial charge in [0.2, 0.25) is 0 Å². The number of aliphatic hydroxyl groups is 1. The highest BCUT2D eigenvalue weighted by Gasteiger charge is 2.16. The van der Waals surface area contributed by atoms with Crippen LogP contribution in [0, 0.1) is 5.82 Å². The van der Waals surface area contributed by atoms with Gasteiger partial charge in [-0.15, -0.1) is 10.2 Å². The van der Waals surface area contributed by atoms with Crippen LogP contribution in [-0.4, -0.2) is 19.9 Å². The smallest absolute Gasteiger partial charge is 0.165 e. The maximum absolute atomic E-state index is 13.4. The second-order valence-corrected chi connectivity index (χ2v) is 4.23. The molecular weight excluding hydrogens is 257 g/mol. The molecular formula is C12H13ClFN3O. The highest BCUT2D eigenvalue weighted by atomic mass is 35.5. The molecule has 0 radical (unpaired) electrons. The summed E-state index contributed by atoms with van der Waals surface area (Å²) in [5.74, 6) is 0.434. The molecule has 4 nitrogen and oxygen atoms in total. The van der Waals surface area contributed by atoms with Gasteiger partial charge in [-0.1, -0.05) is 24.6 Å². The first kappa shape index (κ1) is 13.0. The minimum absolute atomic E-state index is 0.0201. The summed E-state index contributed by atoms with van der Waals surface area (Å²) < 4.78 is 15.2. The Labute approximate surface area is 109 Å². The summed E-state index contributed by atoms with van der Waals surface area (Å²) >= 11 is 5.93. The standard InChI is InChI=1S/C12H13ClFN3O/c1-2-6-17-10(7-18)15-16-12(17)8-4-3-5-9(14)11(8)13/h3-5,18H,2,6-7H2,1H3. The number of nitrogens with zero attached hydrogens (tertiary/aromatic N) is 3. The van der Waals surface area contributed by atoms with Crippen molar-refractivity contribution < 1.29 is 9.50 Å². The Hall–Kier alpha value is -1.46. The number of hydrogen-bond acceptors (Lipinski definition) is 3. The molecule has 0 saturated heterocycles. The molecule has 0 amide bonds. The Kier molecular flexibility index (Phi) is 3.93. The van der Waals surface area contributed by atoms with Gasteiger partial charge in [-0.25, -0.2) is 4.39 Å². The van der Waals surface area contributed by atoms with E-state index in [2.05, 4.69) is 10.2 Å². The molecule has 6 heteroatoms. The number of hydrogen-bond donors (Lipinski definition) is 1. The van der Waals surface area contributed by atoms with Gasteiger partial charge in [0.05, 0.1) is 5.02 Å². The second kappa shape index (κ2) is 5.46. The van der Waals surface area contributed by atoms with E-state index in [1.54, 1.807) is 16.7 Å². The van der Waals surface area contributed by atoms with Crippen molar-refractivity contribution in [3.05, 3.63) is 34.9 Å². The average molecular weight is 270 g/mol. The number of benzene rings is 1. The van der Waals surface area contributed by atoms with Crippen molar-refractivity contribution in [3.8, 4) is 11.4 Å². The van der Waals surface area contributed by atoms with Gasteiger partial charge in [-0.3, -0.25) is 0 Å². The van der Waals surface area contributed by atoms with Crippen LogP contribution >= 0.6 is 11.6 Å². The lowest BCUT2D eigenvalue weighted by atomic mass is 10.2. The maximum Gasteiger partial charge on any atom is 0.165 e. The van der Waals surface area contributed by atoms with Gasteiger partial charge in [0.15, 0.2) is 11.6 Å². The number of aromatic nitrogens is 3. The molecule has 0 aliphatic heterocycles. The summed E-state index contributed by atoms with van der Waals surface area (Å²) in [5, 5.41) is 17.1. The molecule has 0 fully saturated rings. The van der Waals surface area contributed by atoms with E-state index in [1.165, 1.54) is 6.07 Å². The van der Waals surface area contributed by atoms with Crippen LogP contribution in [0.25, 0.3) is 11.4 Å². The average Bonchev–Trinajstić information content (AvgIpc) is 2.76. The summed E-state index contributed by atoms with van der Waals surface area (Å²) in [5.41, 5.74) is 0.484. The van der Waals surface area contributed by atoms with Gasteiger partial charge in [-0.2, -0.15) is 0 Å². The predicted molar refractivity (Wildman–Crippen MR) is 66.6 cm³/mol. The molecule has 1 N–H and O–H groups in total. The van der Waals surface area contributed by atoms with E-state index in [1.807, 2.05) is 6.92 Å². The van der Waals surface area contributed by atoms with Crippen LogP contribution in [0.3, 0.4) is 0 Å². The minimum atomic E-state index is -0.495. The van der Waals surface area contributed by atoms with Crippen LogP contribution in [0.15, 0.2) is 18.2 Å². The van der Waals surface area contributed by atoms with Crippen molar-refractivity contribution in [2.24, 2.45) is 0 Å². The van der Waals surface area contributed by atoms with Crippen LogP contribution in [0.2, 0.25) is 5.02 Å². The lowest BCUT2D eigenvalue weighted by Gasteiger charge is -2.09. The number of aliphatic hydroxyl groups excluding tert-OH is 1. The molecule has 2 rings (SSSR count). The molecule has 1 heterocycles. The number of halogens is 2. The van der Waals surface area contributed by atoms with Gasteiger partial charge in [0.1, 0.15) is 12.4 Å². The molecule has 18 heavy (non-hydrogen) atoms. The first-order valence-corrected chi connectivity index (χ1v) is 6.04. The van der Waals surface area contributed by atoms with E-state index in [4.69, 9.17) is 11.6 Å². The highest BCUT2D eigenvalue weighted by molar-refractivity contribution is 6.33. The molecule has 1 aromatic carbocycles. The molecule has 0 atom stereocenters. The van der Waals surface area contributed by atoms with E-state index < -0.39 is 5.82 Å². The zero-order valence-electron chi connectivity index (χ0n) is 9.90. The Balaban J connectivity index is 2.56. The van der Waals surface area contributed by atoms with Crippen LogP contribution in [0.1, 0.15) is 19.2 Å². The summed E-state index contributed by atoms with van der Waals surface area (Å²) in [4.78, 5) is 0. The summed E-state index contributed by atoms with van der Waals surface area (Å²) in [6, 6.07) is 4.54. The number of rotatable bonds is 4. The second-order valence-electron chi connectivity index (χ2n) is 3.85. The third kappa shape index (κ3) is 2.23. The molecule has 0 aliphatic carbocycles. The molecule has 1 aromatic heterocycles. The van der Waals surface area contributed by atoms with E-state index in [9.17, 15) is 9.50 Å². The molecule has 0 aliphatic rings. The fraction of sp³-hybridized carbons (Fsp3) is 0.333. The first-order chi connectivity index (χ1) is 8.69. The topological polar surface area (TPSA) is 50.9 Å². The molecule has 0 saturated carbocycles. The van der Waals surface area contributed by atoms with Crippen molar-refractivity contribution in [1.29, 1.82) is 0 Å². The van der Waals surface area contributed by atoms with Crippen LogP contribution in [-0.2, 0) is 13.2 Å². The van der Waals surface area contributed by atoms with Gasteiger partial charge in [-0.05, 0) is 18.6 Å². The SMILES string of the molecule is CCCn1c(CO)nnc1-c1cccc(F)c1Cl. The van der Waals surface area contributed by atoms with Crippen molar-refractivity contribution in [2.45, 2.75) is 26.5 Å². The highest BCUT2D eigenvalue weighted by Crippen LogP contribution is 2.29. The molecule has 0 bridgehead atoms. The van der Waals surface area contributed by atoms with Crippen molar-refractivity contribution >= 4 is 11.6 Å². The lowest BCUT2D eigenvalue weighted by molar-refractivity contribution is 0.264. The zero-order valence-corrected chi connectivity index (χ0v) is 10.7.